The summed E-state index contributed by atoms with van der Waals surface area (Å²) in [5, 5.41) is 5.86. The summed E-state index contributed by atoms with van der Waals surface area (Å²) in [5.41, 5.74) is 0.268. The van der Waals surface area contributed by atoms with Gasteiger partial charge in [-0.3, -0.25) is 4.79 Å². The summed E-state index contributed by atoms with van der Waals surface area (Å²) < 4.78 is 5.53. The fraction of sp³-hybridized carbons (Fsp3) is 0.579. The van der Waals surface area contributed by atoms with Crippen LogP contribution in [0.1, 0.15) is 38.2 Å². The summed E-state index contributed by atoms with van der Waals surface area (Å²) in [6, 6.07) is 9.48. The Bertz CT molecular complexity index is 599. The number of morpholine rings is 1. The van der Waals surface area contributed by atoms with Crippen molar-refractivity contribution in [1.29, 1.82) is 0 Å². The molecular weight excluding hydrogens is 318 g/mol. The van der Waals surface area contributed by atoms with E-state index >= 15 is 0 Å². The molecule has 0 aromatic heterocycles. The summed E-state index contributed by atoms with van der Waals surface area (Å²) in [7, 11) is 0. The van der Waals surface area contributed by atoms with Crippen LogP contribution in [0.25, 0.3) is 0 Å². The van der Waals surface area contributed by atoms with Crippen molar-refractivity contribution >= 4 is 11.9 Å². The van der Waals surface area contributed by atoms with E-state index < -0.39 is 5.54 Å². The lowest BCUT2D eigenvalue weighted by atomic mass is 9.95. The highest BCUT2D eigenvalue weighted by Gasteiger charge is 2.45. The van der Waals surface area contributed by atoms with Crippen LogP contribution >= 0.6 is 0 Å². The fourth-order valence-electron chi connectivity index (χ4n) is 3.72. The van der Waals surface area contributed by atoms with Crippen molar-refractivity contribution in [2.24, 2.45) is 0 Å². The third-order valence-corrected chi connectivity index (χ3v) is 5.04. The number of nitrogens with one attached hydrogen (secondary N) is 2. The number of carbonyl (C=O) groups is 2. The highest BCUT2D eigenvalue weighted by atomic mass is 16.5. The van der Waals surface area contributed by atoms with Gasteiger partial charge in [0.15, 0.2) is 0 Å². The lowest BCUT2D eigenvalue weighted by molar-refractivity contribution is -0.144. The maximum Gasteiger partial charge on any atom is 0.315 e. The van der Waals surface area contributed by atoms with Crippen LogP contribution < -0.4 is 10.6 Å². The summed E-state index contributed by atoms with van der Waals surface area (Å²) in [4.78, 5) is 27.4. The van der Waals surface area contributed by atoms with Crippen LogP contribution in [0, 0.1) is 0 Å². The second-order valence-electron chi connectivity index (χ2n) is 7.02. The van der Waals surface area contributed by atoms with Crippen molar-refractivity contribution in [2.75, 3.05) is 19.7 Å². The van der Waals surface area contributed by atoms with Gasteiger partial charge in [-0.2, -0.15) is 0 Å². The van der Waals surface area contributed by atoms with Crippen molar-refractivity contribution in [3.8, 4) is 0 Å². The van der Waals surface area contributed by atoms with Crippen molar-refractivity contribution in [3.63, 3.8) is 0 Å². The second-order valence-corrected chi connectivity index (χ2v) is 7.02. The summed E-state index contributed by atoms with van der Waals surface area (Å²) in [6.45, 7) is 4.17. The monoisotopic (exact) mass is 345 g/mol. The molecule has 1 unspecified atom stereocenters. The zero-order valence-corrected chi connectivity index (χ0v) is 14.8. The molecule has 1 aliphatic heterocycles. The van der Waals surface area contributed by atoms with E-state index in [1.807, 2.05) is 42.2 Å². The van der Waals surface area contributed by atoms with Gasteiger partial charge in [0.05, 0.1) is 12.7 Å². The molecule has 2 aliphatic rings. The first-order chi connectivity index (χ1) is 12.1. The topological polar surface area (TPSA) is 70.7 Å². The predicted molar refractivity (Wildman–Crippen MR) is 95.0 cm³/mol. The minimum Gasteiger partial charge on any atom is -0.375 e. The molecule has 0 spiro atoms. The maximum absolute atomic E-state index is 13.1. The van der Waals surface area contributed by atoms with E-state index in [1.54, 1.807) is 0 Å². The predicted octanol–water partition coefficient (Wildman–Crippen LogP) is 2.05. The quantitative estimate of drug-likeness (QED) is 0.877. The van der Waals surface area contributed by atoms with Crippen LogP contribution in [0.2, 0.25) is 0 Å². The largest absolute Gasteiger partial charge is 0.375 e. The molecule has 0 bridgehead atoms. The number of rotatable bonds is 4. The van der Waals surface area contributed by atoms with E-state index in [2.05, 4.69) is 10.6 Å². The molecule has 6 heteroatoms. The Morgan fingerprint density at radius 1 is 1.24 bits per heavy atom. The van der Waals surface area contributed by atoms with Gasteiger partial charge in [0.2, 0.25) is 5.91 Å². The third-order valence-electron chi connectivity index (χ3n) is 5.04. The van der Waals surface area contributed by atoms with Crippen LogP contribution in [-0.4, -0.2) is 48.2 Å². The van der Waals surface area contributed by atoms with Gasteiger partial charge in [-0.25, -0.2) is 4.79 Å². The zero-order valence-electron chi connectivity index (χ0n) is 14.8. The van der Waals surface area contributed by atoms with Crippen LogP contribution in [0.15, 0.2) is 30.3 Å². The molecule has 1 heterocycles. The van der Waals surface area contributed by atoms with Gasteiger partial charge in [0, 0.05) is 19.6 Å². The fourth-order valence-corrected chi connectivity index (χ4v) is 3.72. The molecule has 0 radical (unpaired) electrons. The molecule has 2 N–H and O–H groups in total. The molecule has 1 aromatic carbocycles. The molecule has 1 aromatic rings. The SMILES string of the molecule is CC1CN(C(=O)C2(NC(=O)NCc3ccccc3)CCCC2)CCO1. The van der Waals surface area contributed by atoms with Crippen molar-refractivity contribution < 1.29 is 14.3 Å². The van der Waals surface area contributed by atoms with Crippen LogP contribution in [0.3, 0.4) is 0 Å². The summed E-state index contributed by atoms with van der Waals surface area (Å²) in [6.07, 6.45) is 3.38. The molecule has 1 aliphatic carbocycles. The van der Waals surface area contributed by atoms with E-state index in [4.69, 9.17) is 4.74 Å². The average Bonchev–Trinajstić information content (AvgIpc) is 3.10. The minimum atomic E-state index is -0.766. The van der Waals surface area contributed by atoms with E-state index in [1.165, 1.54) is 0 Å². The second kappa shape index (κ2) is 7.87. The van der Waals surface area contributed by atoms with Crippen molar-refractivity contribution in [1.82, 2.24) is 15.5 Å². The van der Waals surface area contributed by atoms with Crippen molar-refractivity contribution in [3.05, 3.63) is 35.9 Å². The standard InChI is InChI=1S/C19H27N3O3/c1-15-14-22(11-12-25-15)17(23)19(9-5-6-10-19)21-18(24)20-13-16-7-3-2-4-8-16/h2-4,7-8,15H,5-6,9-14H2,1H3,(H2,20,21,24). The van der Waals surface area contributed by atoms with Crippen LogP contribution in [0.5, 0.6) is 0 Å². The number of amides is 3. The lowest BCUT2D eigenvalue weighted by Crippen LogP contribution is -2.62. The van der Waals surface area contributed by atoms with Gasteiger partial charge in [-0.05, 0) is 25.3 Å². The van der Waals surface area contributed by atoms with E-state index in [9.17, 15) is 9.59 Å². The maximum atomic E-state index is 13.1. The van der Waals surface area contributed by atoms with E-state index in [0.717, 1.165) is 18.4 Å². The first kappa shape index (κ1) is 17.7. The van der Waals surface area contributed by atoms with Gasteiger partial charge in [0.1, 0.15) is 5.54 Å². The van der Waals surface area contributed by atoms with Gasteiger partial charge in [0.25, 0.3) is 0 Å². The average molecular weight is 345 g/mol. The Hall–Kier alpha value is -2.08. The normalized spacial score (nSPS) is 22.4. The molecule has 1 saturated carbocycles. The molecule has 25 heavy (non-hydrogen) atoms. The summed E-state index contributed by atoms with van der Waals surface area (Å²) in [5.74, 6) is 0.0370. The Labute approximate surface area is 148 Å². The lowest BCUT2D eigenvalue weighted by Gasteiger charge is -2.38. The molecule has 1 saturated heterocycles. The van der Waals surface area contributed by atoms with Gasteiger partial charge in [-0.15, -0.1) is 0 Å². The smallest absolute Gasteiger partial charge is 0.315 e. The number of carbonyl (C=O) groups excluding carboxylic acids is 2. The Kier molecular flexibility index (Phi) is 5.58. The summed E-state index contributed by atoms with van der Waals surface area (Å²) >= 11 is 0. The van der Waals surface area contributed by atoms with Crippen molar-refractivity contribution in [2.45, 2.75) is 50.8 Å². The minimum absolute atomic E-state index is 0.0370. The molecular formula is C19H27N3O3. The Morgan fingerprint density at radius 2 is 1.96 bits per heavy atom. The molecule has 1 atom stereocenters. The Morgan fingerprint density at radius 3 is 2.64 bits per heavy atom. The first-order valence-electron chi connectivity index (χ1n) is 9.10. The zero-order chi connectivity index (χ0) is 17.7. The molecule has 3 rings (SSSR count). The number of hydrogen-bond donors (Lipinski definition) is 2. The number of nitrogens with zero attached hydrogens (tertiary/aromatic N) is 1. The van der Waals surface area contributed by atoms with Gasteiger partial charge >= 0.3 is 6.03 Å². The van der Waals surface area contributed by atoms with Gasteiger partial charge in [-0.1, -0.05) is 43.2 Å². The van der Waals surface area contributed by atoms with Crippen LogP contribution in [0.4, 0.5) is 4.79 Å². The number of hydrogen-bond acceptors (Lipinski definition) is 3. The van der Waals surface area contributed by atoms with E-state index in [-0.39, 0.29) is 18.0 Å². The molecule has 3 amide bonds. The van der Waals surface area contributed by atoms with E-state index in [0.29, 0.717) is 39.1 Å². The number of benzene rings is 1. The molecule has 136 valence electrons. The highest BCUT2D eigenvalue weighted by molar-refractivity contribution is 5.91. The Balaban J connectivity index is 1.61. The van der Waals surface area contributed by atoms with Gasteiger partial charge < -0.3 is 20.3 Å². The molecule has 6 nitrogen and oxygen atoms in total. The number of urea groups is 1. The third kappa shape index (κ3) is 4.31. The first-order valence-corrected chi connectivity index (χ1v) is 9.10. The van der Waals surface area contributed by atoms with Crippen LogP contribution in [-0.2, 0) is 16.1 Å². The highest BCUT2D eigenvalue weighted by Crippen LogP contribution is 2.32. The number of ether oxygens (including phenoxy) is 1. The molecule has 2 fully saturated rings.